The van der Waals surface area contributed by atoms with Crippen LogP contribution in [0.25, 0.3) is 22.2 Å². The first-order chi connectivity index (χ1) is 16.4. The quantitative estimate of drug-likeness (QED) is 0.402. The summed E-state index contributed by atoms with van der Waals surface area (Å²) in [5.41, 5.74) is 0.765. The van der Waals surface area contributed by atoms with Gasteiger partial charge in [-0.25, -0.2) is 15.0 Å². The van der Waals surface area contributed by atoms with E-state index < -0.39 is 11.7 Å². The molecule has 5 rings (SSSR count). The smallest absolute Gasteiger partial charge is 0.418 e. The minimum Gasteiger partial charge on any atom is -0.484 e. The largest absolute Gasteiger partial charge is 0.484 e. The van der Waals surface area contributed by atoms with E-state index in [4.69, 9.17) is 9.47 Å². The highest BCUT2D eigenvalue weighted by Gasteiger charge is 2.34. The maximum Gasteiger partial charge on any atom is 0.418 e. The molecule has 0 aliphatic carbocycles. The second-order valence-electron chi connectivity index (χ2n) is 7.90. The van der Waals surface area contributed by atoms with Crippen molar-refractivity contribution in [2.45, 2.75) is 19.0 Å². The van der Waals surface area contributed by atoms with Gasteiger partial charge in [0.15, 0.2) is 5.75 Å². The van der Waals surface area contributed by atoms with Gasteiger partial charge in [0.2, 0.25) is 0 Å². The van der Waals surface area contributed by atoms with Gasteiger partial charge in [-0.15, -0.1) is 0 Å². The van der Waals surface area contributed by atoms with E-state index in [1.54, 1.807) is 30.5 Å². The molecule has 7 nitrogen and oxygen atoms in total. The Bertz CT molecular complexity index is 1350. The highest BCUT2D eigenvalue weighted by molar-refractivity contribution is 7.59. The molecule has 1 N–H and O–H groups in total. The fourth-order valence-electron chi connectivity index (χ4n) is 3.90. The number of anilines is 1. The molecule has 0 saturated carbocycles. The molecule has 0 fully saturated rings. The highest BCUT2D eigenvalue weighted by atomic mass is 32.1. The number of aromatic nitrogens is 4. The number of benzene rings is 1. The standard InChI is InChI=1S/C24H20F3N5O2.H2S/c1-14(17-4-6-29-23-22(17)33-7-8-34-23)12-30-20-11-19(31-13-32-20)16-9-15-3-2-5-28-21(15)18(10-16)24(25,26)27;/h2-6,9-11,13-14H,7-8,12H2,1H3,(H,30,31,32);1H2/t14-;/m1./s1. The van der Waals surface area contributed by atoms with Crippen molar-refractivity contribution in [3.63, 3.8) is 0 Å². The molecule has 0 saturated heterocycles. The van der Waals surface area contributed by atoms with Crippen LogP contribution >= 0.6 is 13.5 Å². The maximum absolute atomic E-state index is 13.7. The average Bonchev–Trinajstić information content (AvgIpc) is 2.86. The van der Waals surface area contributed by atoms with Gasteiger partial charge in [0.25, 0.3) is 5.88 Å². The van der Waals surface area contributed by atoms with Crippen molar-refractivity contribution in [3.05, 3.63) is 66.2 Å². The molecule has 0 radical (unpaired) electrons. The Morgan fingerprint density at radius 1 is 1.00 bits per heavy atom. The molecular formula is C24H22F3N5O2S. The molecule has 1 atom stereocenters. The third kappa shape index (κ3) is 5.09. The topological polar surface area (TPSA) is 82.1 Å². The summed E-state index contributed by atoms with van der Waals surface area (Å²) in [6.45, 7) is 3.45. The molecule has 1 aliphatic rings. The van der Waals surface area contributed by atoms with Gasteiger partial charge in [0, 0.05) is 47.4 Å². The van der Waals surface area contributed by atoms with Crippen molar-refractivity contribution in [1.82, 2.24) is 19.9 Å². The van der Waals surface area contributed by atoms with Crippen molar-refractivity contribution >= 4 is 30.2 Å². The van der Waals surface area contributed by atoms with Crippen LogP contribution in [0.3, 0.4) is 0 Å². The average molecular weight is 502 g/mol. The number of alkyl halides is 3. The minimum absolute atomic E-state index is 0. The molecule has 3 aromatic heterocycles. The van der Waals surface area contributed by atoms with Crippen LogP contribution in [0, 0.1) is 0 Å². The Labute approximate surface area is 206 Å². The zero-order valence-electron chi connectivity index (χ0n) is 18.6. The van der Waals surface area contributed by atoms with E-state index in [9.17, 15) is 13.2 Å². The predicted molar refractivity (Wildman–Crippen MR) is 130 cm³/mol. The van der Waals surface area contributed by atoms with Crippen LogP contribution in [0.4, 0.5) is 19.0 Å². The Hall–Kier alpha value is -3.60. The van der Waals surface area contributed by atoms with E-state index in [-0.39, 0.29) is 24.9 Å². The number of nitrogens with zero attached hydrogens (tertiary/aromatic N) is 4. The van der Waals surface area contributed by atoms with Crippen LogP contribution in [0.15, 0.2) is 55.1 Å². The van der Waals surface area contributed by atoms with E-state index in [0.29, 0.717) is 53.8 Å². The molecule has 182 valence electrons. The van der Waals surface area contributed by atoms with Crippen LogP contribution in [0.1, 0.15) is 24.0 Å². The minimum atomic E-state index is -4.54. The monoisotopic (exact) mass is 501 g/mol. The molecular weight excluding hydrogens is 479 g/mol. The van der Waals surface area contributed by atoms with E-state index in [1.807, 2.05) is 13.0 Å². The van der Waals surface area contributed by atoms with Crippen molar-refractivity contribution in [2.75, 3.05) is 25.1 Å². The van der Waals surface area contributed by atoms with Crippen molar-refractivity contribution in [3.8, 4) is 22.9 Å². The maximum atomic E-state index is 13.7. The van der Waals surface area contributed by atoms with Crippen molar-refractivity contribution in [2.24, 2.45) is 0 Å². The Kier molecular flexibility index (Phi) is 6.97. The fourth-order valence-corrected chi connectivity index (χ4v) is 3.90. The number of hydrogen-bond acceptors (Lipinski definition) is 7. The summed E-state index contributed by atoms with van der Waals surface area (Å²) in [7, 11) is 0. The van der Waals surface area contributed by atoms with Gasteiger partial charge in [-0.2, -0.15) is 26.7 Å². The van der Waals surface area contributed by atoms with E-state index in [2.05, 4.69) is 25.3 Å². The van der Waals surface area contributed by atoms with Crippen LogP contribution in [-0.4, -0.2) is 39.7 Å². The number of fused-ring (bicyclic) bond motifs is 2. The Morgan fingerprint density at radius 3 is 2.66 bits per heavy atom. The van der Waals surface area contributed by atoms with E-state index >= 15 is 0 Å². The summed E-state index contributed by atoms with van der Waals surface area (Å²) < 4.78 is 52.3. The molecule has 1 aromatic carbocycles. The van der Waals surface area contributed by atoms with Crippen LogP contribution in [0.5, 0.6) is 11.6 Å². The molecule has 11 heteroatoms. The van der Waals surface area contributed by atoms with Gasteiger partial charge >= 0.3 is 6.18 Å². The molecule has 0 bridgehead atoms. The fraction of sp³-hybridized carbons (Fsp3) is 0.250. The van der Waals surface area contributed by atoms with E-state index in [1.165, 1.54) is 12.5 Å². The first-order valence-electron chi connectivity index (χ1n) is 10.7. The van der Waals surface area contributed by atoms with Crippen LogP contribution in [-0.2, 0) is 6.18 Å². The zero-order valence-corrected chi connectivity index (χ0v) is 19.6. The highest BCUT2D eigenvalue weighted by Crippen LogP contribution is 2.38. The number of halogens is 3. The summed E-state index contributed by atoms with van der Waals surface area (Å²) in [6.07, 6.45) is -0.187. The lowest BCUT2D eigenvalue weighted by atomic mass is 10.0. The van der Waals surface area contributed by atoms with Gasteiger partial charge in [-0.3, -0.25) is 4.98 Å². The lowest BCUT2D eigenvalue weighted by Crippen LogP contribution is -2.19. The molecule has 0 amide bonds. The predicted octanol–water partition coefficient (Wildman–Crippen LogP) is 5.21. The third-order valence-electron chi connectivity index (χ3n) is 5.56. The summed E-state index contributed by atoms with van der Waals surface area (Å²) in [5, 5.41) is 3.63. The van der Waals surface area contributed by atoms with Gasteiger partial charge in [-0.05, 0) is 24.3 Å². The summed E-state index contributed by atoms with van der Waals surface area (Å²) >= 11 is 0. The van der Waals surface area contributed by atoms with Gasteiger partial charge in [0.1, 0.15) is 25.4 Å². The third-order valence-corrected chi connectivity index (χ3v) is 5.56. The van der Waals surface area contributed by atoms with Crippen LogP contribution in [0.2, 0.25) is 0 Å². The number of hydrogen-bond donors (Lipinski definition) is 1. The van der Waals surface area contributed by atoms with Gasteiger partial charge in [0.05, 0.1) is 16.8 Å². The Balaban J connectivity index is 0.00000289. The number of rotatable bonds is 5. The number of nitrogens with one attached hydrogen (secondary N) is 1. The summed E-state index contributed by atoms with van der Waals surface area (Å²) in [5.74, 6) is 1.64. The molecule has 4 aromatic rings. The van der Waals surface area contributed by atoms with Crippen molar-refractivity contribution < 1.29 is 22.6 Å². The molecule has 1 aliphatic heterocycles. The van der Waals surface area contributed by atoms with Crippen LogP contribution < -0.4 is 14.8 Å². The lowest BCUT2D eigenvalue weighted by Gasteiger charge is -2.22. The first kappa shape index (κ1) is 24.5. The number of pyridine rings is 2. The second kappa shape index (κ2) is 9.95. The molecule has 0 unspecified atom stereocenters. The molecule has 35 heavy (non-hydrogen) atoms. The zero-order chi connectivity index (χ0) is 23.7. The summed E-state index contributed by atoms with van der Waals surface area (Å²) in [4.78, 5) is 16.5. The summed E-state index contributed by atoms with van der Waals surface area (Å²) in [6, 6.07) is 9.44. The normalized spacial score (nSPS) is 13.7. The lowest BCUT2D eigenvalue weighted by molar-refractivity contribution is -0.136. The van der Waals surface area contributed by atoms with Gasteiger partial charge in [-0.1, -0.05) is 13.0 Å². The molecule has 0 spiro atoms. The SMILES string of the molecule is C[C@H](CNc1cc(-c2cc(C(F)(F)F)c3ncccc3c2)ncn1)c1ccnc2c1OCCO2.S. The Morgan fingerprint density at radius 2 is 1.83 bits per heavy atom. The molecule has 4 heterocycles. The van der Waals surface area contributed by atoms with Crippen molar-refractivity contribution in [1.29, 1.82) is 0 Å². The second-order valence-corrected chi connectivity index (χ2v) is 7.90. The first-order valence-corrected chi connectivity index (χ1v) is 10.7. The number of ether oxygens (including phenoxy) is 2. The van der Waals surface area contributed by atoms with Gasteiger partial charge < -0.3 is 14.8 Å². The van der Waals surface area contributed by atoms with E-state index in [0.717, 1.165) is 11.6 Å².